The van der Waals surface area contributed by atoms with Gasteiger partial charge in [-0.05, 0) is 36.2 Å². The Balaban J connectivity index is 1.51. The highest BCUT2D eigenvalue weighted by Gasteiger charge is 2.04. The van der Waals surface area contributed by atoms with E-state index in [0.29, 0.717) is 18.3 Å². The number of aromatic nitrogens is 1. The number of hydrogen-bond donors (Lipinski definition) is 2. The predicted octanol–water partition coefficient (Wildman–Crippen LogP) is 2.35. The van der Waals surface area contributed by atoms with Crippen LogP contribution < -0.4 is 15.8 Å². The van der Waals surface area contributed by atoms with Gasteiger partial charge in [-0.3, -0.25) is 4.79 Å². The van der Waals surface area contributed by atoms with Crippen molar-refractivity contribution in [2.75, 3.05) is 18.5 Å². The van der Waals surface area contributed by atoms with Gasteiger partial charge in [0.15, 0.2) is 12.2 Å². The lowest BCUT2D eigenvalue weighted by molar-refractivity contribution is -0.119. The molecule has 0 spiro atoms. The van der Waals surface area contributed by atoms with E-state index in [1.54, 1.807) is 0 Å². The van der Waals surface area contributed by atoms with Crippen LogP contribution in [0.15, 0.2) is 52.9 Å². The van der Waals surface area contributed by atoms with Crippen molar-refractivity contribution in [1.29, 1.82) is 0 Å². The van der Waals surface area contributed by atoms with Crippen LogP contribution in [0.5, 0.6) is 5.75 Å². The summed E-state index contributed by atoms with van der Waals surface area (Å²) < 4.78 is 10.8. The van der Waals surface area contributed by atoms with Gasteiger partial charge in [0.2, 0.25) is 0 Å². The topological polar surface area (TPSA) is 90.4 Å². The Labute approximate surface area is 133 Å². The number of fused-ring (bicyclic) bond motifs is 1. The molecule has 0 aliphatic carbocycles. The van der Waals surface area contributed by atoms with Crippen LogP contribution in [0, 0.1) is 0 Å². The molecule has 0 bridgehead atoms. The molecule has 23 heavy (non-hydrogen) atoms. The molecule has 0 saturated carbocycles. The van der Waals surface area contributed by atoms with Crippen LogP contribution in [0.4, 0.5) is 6.01 Å². The summed E-state index contributed by atoms with van der Waals surface area (Å²) in [5.74, 6) is 0.135. The number of rotatable bonds is 7. The summed E-state index contributed by atoms with van der Waals surface area (Å²) in [6.45, 7) is 0.590. The molecule has 0 unspecified atom stereocenters. The van der Waals surface area contributed by atoms with E-state index in [2.05, 4.69) is 10.3 Å². The van der Waals surface area contributed by atoms with Gasteiger partial charge >= 0.3 is 0 Å². The summed E-state index contributed by atoms with van der Waals surface area (Å²) in [5, 5.41) is 3.17. The Hall–Kier alpha value is -3.02. The molecule has 6 nitrogen and oxygen atoms in total. The largest absolute Gasteiger partial charge is 0.484 e. The van der Waals surface area contributed by atoms with Crippen molar-refractivity contribution in [3.05, 3.63) is 54.1 Å². The summed E-state index contributed by atoms with van der Waals surface area (Å²) in [5.41, 5.74) is 7.78. The molecule has 3 N–H and O–H groups in total. The van der Waals surface area contributed by atoms with Gasteiger partial charge in [-0.2, -0.15) is 4.98 Å². The van der Waals surface area contributed by atoms with E-state index in [0.717, 1.165) is 23.1 Å². The van der Waals surface area contributed by atoms with Crippen LogP contribution in [-0.2, 0) is 11.2 Å². The van der Waals surface area contributed by atoms with Gasteiger partial charge in [-0.15, -0.1) is 0 Å². The van der Waals surface area contributed by atoms with E-state index in [9.17, 15) is 4.79 Å². The Bertz CT molecular complexity index is 763. The summed E-state index contributed by atoms with van der Waals surface area (Å²) in [4.78, 5) is 15.0. The smallest absolute Gasteiger partial charge is 0.295 e. The number of nitrogens with zero attached hydrogens (tertiary/aromatic N) is 1. The maximum atomic E-state index is 10.7. The van der Waals surface area contributed by atoms with E-state index in [-0.39, 0.29) is 6.61 Å². The Kier molecular flexibility index (Phi) is 4.42. The Morgan fingerprint density at radius 3 is 2.70 bits per heavy atom. The van der Waals surface area contributed by atoms with Crippen molar-refractivity contribution < 1.29 is 13.9 Å². The average molecular weight is 311 g/mol. The Morgan fingerprint density at radius 2 is 1.96 bits per heavy atom. The average Bonchev–Trinajstić information content (AvgIpc) is 2.97. The number of primary amides is 1. The molecule has 6 heteroatoms. The molecule has 0 saturated heterocycles. The van der Waals surface area contributed by atoms with Gasteiger partial charge in [0.25, 0.3) is 11.9 Å². The third-order valence-electron chi connectivity index (χ3n) is 3.29. The van der Waals surface area contributed by atoms with Crippen molar-refractivity contribution in [2.24, 2.45) is 5.73 Å². The van der Waals surface area contributed by atoms with Crippen LogP contribution in [0.1, 0.15) is 5.56 Å². The summed E-state index contributed by atoms with van der Waals surface area (Å²) in [7, 11) is 0. The van der Waals surface area contributed by atoms with Gasteiger partial charge in [0.1, 0.15) is 11.3 Å². The molecule has 0 aliphatic heterocycles. The number of carbonyl (C=O) groups is 1. The minimum atomic E-state index is -0.489. The first-order valence-electron chi connectivity index (χ1n) is 7.30. The van der Waals surface area contributed by atoms with Crippen molar-refractivity contribution in [1.82, 2.24) is 4.98 Å². The van der Waals surface area contributed by atoms with Crippen LogP contribution in [0.25, 0.3) is 11.1 Å². The number of ether oxygens (including phenoxy) is 1. The summed E-state index contributed by atoms with van der Waals surface area (Å²) in [6, 6.07) is 15.7. The molecule has 3 aromatic rings. The van der Waals surface area contributed by atoms with Crippen molar-refractivity contribution in [3.63, 3.8) is 0 Å². The van der Waals surface area contributed by atoms with Gasteiger partial charge in [0, 0.05) is 6.54 Å². The SMILES string of the molecule is NC(=O)COc1ccc(CCNc2nc3ccccc3o2)cc1. The van der Waals surface area contributed by atoms with Gasteiger partial charge in [-0.25, -0.2) is 0 Å². The number of oxazole rings is 1. The lowest BCUT2D eigenvalue weighted by Gasteiger charge is -2.05. The van der Waals surface area contributed by atoms with Crippen molar-refractivity contribution in [2.45, 2.75) is 6.42 Å². The highest BCUT2D eigenvalue weighted by atomic mass is 16.5. The normalized spacial score (nSPS) is 10.6. The van der Waals surface area contributed by atoms with E-state index in [4.69, 9.17) is 14.9 Å². The van der Waals surface area contributed by atoms with Crippen LogP contribution in [0.2, 0.25) is 0 Å². The third-order valence-corrected chi connectivity index (χ3v) is 3.29. The molecule has 0 atom stereocenters. The van der Waals surface area contributed by atoms with E-state index in [1.807, 2.05) is 48.5 Å². The highest BCUT2D eigenvalue weighted by Crippen LogP contribution is 2.18. The van der Waals surface area contributed by atoms with E-state index < -0.39 is 5.91 Å². The number of para-hydroxylation sites is 2. The second-order valence-electron chi connectivity index (χ2n) is 5.06. The standard InChI is InChI=1S/C17H17N3O3/c18-16(21)11-22-13-7-5-12(6-8-13)9-10-19-17-20-14-3-1-2-4-15(14)23-17/h1-8H,9-11H2,(H2,18,21)(H,19,20). The summed E-state index contributed by atoms with van der Waals surface area (Å²) >= 11 is 0. The molecule has 1 aromatic heterocycles. The second kappa shape index (κ2) is 6.83. The molecule has 0 aliphatic rings. The fraction of sp³-hybridized carbons (Fsp3) is 0.176. The number of hydrogen-bond acceptors (Lipinski definition) is 5. The zero-order chi connectivity index (χ0) is 16.1. The quantitative estimate of drug-likeness (QED) is 0.699. The lowest BCUT2D eigenvalue weighted by Crippen LogP contribution is -2.19. The minimum Gasteiger partial charge on any atom is -0.484 e. The maximum Gasteiger partial charge on any atom is 0.295 e. The molecular formula is C17H17N3O3. The zero-order valence-electron chi connectivity index (χ0n) is 12.5. The van der Waals surface area contributed by atoms with Crippen LogP contribution in [0.3, 0.4) is 0 Å². The van der Waals surface area contributed by atoms with Gasteiger partial charge < -0.3 is 20.2 Å². The first-order chi connectivity index (χ1) is 11.2. The lowest BCUT2D eigenvalue weighted by atomic mass is 10.1. The molecule has 3 rings (SSSR count). The molecule has 0 fully saturated rings. The number of carbonyl (C=O) groups excluding carboxylic acids is 1. The second-order valence-corrected chi connectivity index (χ2v) is 5.06. The predicted molar refractivity (Wildman–Crippen MR) is 87.3 cm³/mol. The number of anilines is 1. The number of nitrogens with one attached hydrogen (secondary N) is 1. The first-order valence-corrected chi connectivity index (χ1v) is 7.30. The fourth-order valence-electron chi connectivity index (χ4n) is 2.17. The number of nitrogens with two attached hydrogens (primary N) is 1. The monoisotopic (exact) mass is 311 g/mol. The molecule has 2 aromatic carbocycles. The molecular weight excluding hydrogens is 294 g/mol. The first kappa shape index (κ1) is 14.9. The van der Waals surface area contributed by atoms with Crippen molar-refractivity contribution in [3.8, 4) is 5.75 Å². The molecule has 118 valence electrons. The molecule has 0 radical (unpaired) electrons. The van der Waals surface area contributed by atoms with Gasteiger partial charge in [0.05, 0.1) is 0 Å². The van der Waals surface area contributed by atoms with E-state index >= 15 is 0 Å². The van der Waals surface area contributed by atoms with Gasteiger partial charge in [-0.1, -0.05) is 24.3 Å². The van der Waals surface area contributed by atoms with Crippen LogP contribution in [-0.4, -0.2) is 24.0 Å². The highest BCUT2D eigenvalue weighted by molar-refractivity contribution is 5.75. The summed E-state index contributed by atoms with van der Waals surface area (Å²) in [6.07, 6.45) is 0.814. The van der Waals surface area contributed by atoms with Crippen LogP contribution >= 0.6 is 0 Å². The van der Waals surface area contributed by atoms with E-state index in [1.165, 1.54) is 0 Å². The zero-order valence-corrected chi connectivity index (χ0v) is 12.5. The number of benzene rings is 2. The van der Waals surface area contributed by atoms with Crippen molar-refractivity contribution >= 4 is 23.0 Å². The minimum absolute atomic E-state index is 0.112. The maximum absolute atomic E-state index is 10.7. The fourth-order valence-corrected chi connectivity index (χ4v) is 2.17. The third kappa shape index (κ3) is 4.00. The number of amides is 1. The Morgan fingerprint density at radius 1 is 1.17 bits per heavy atom. The molecule has 1 heterocycles. The molecule has 1 amide bonds.